The van der Waals surface area contributed by atoms with Crippen molar-refractivity contribution in [3.63, 3.8) is 0 Å². The first-order valence-electron chi connectivity index (χ1n) is 8.75. The van der Waals surface area contributed by atoms with Gasteiger partial charge in [-0.05, 0) is 57.7 Å². The number of nitrogens with one attached hydrogen (secondary N) is 1. The average Bonchev–Trinajstić information content (AvgIpc) is 3.04. The lowest BCUT2D eigenvalue weighted by atomic mass is 9.79. The minimum atomic E-state index is -0.206. The minimum Gasteiger partial charge on any atom is -0.325 e. The van der Waals surface area contributed by atoms with Gasteiger partial charge in [0.15, 0.2) is 0 Å². The monoisotopic (exact) mass is 293 g/mol. The maximum atomic E-state index is 13.0. The Morgan fingerprint density at radius 3 is 2.38 bits per heavy atom. The van der Waals surface area contributed by atoms with Crippen LogP contribution in [-0.4, -0.2) is 54.1 Å². The standard InChI is InChI=1S/C17H31N3O/c1-4-14-18-17(7-5-6-8-17)15(21)20(14)13-16(2)9-11-19(3)12-10-16/h14,18H,4-13H2,1-3H3. The van der Waals surface area contributed by atoms with Gasteiger partial charge in [-0.15, -0.1) is 0 Å². The SMILES string of the molecule is CCC1NC2(CCCC2)C(=O)N1CC1(C)CCN(C)CC1. The van der Waals surface area contributed by atoms with Crippen molar-refractivity contribution in [3.05, 3.63) is 0 Å². The van der Waals surface area contributed by atoms with Gasteiger partial charge >= 0.3 is 0 Å². The van der Waals surface area contributed by atoms with Crippen LogP contribution >= 0.6 is 0 Å². The molecule has 0 aromatic carbocycles. The molecule has 1 N–H and O–H groups in total. The molecule has 0 bridgehead atoms. The van der Waals surface area contributed by atoms with E-state index >= 15 is 0 Å². The van der Waals surface area contributed by atoms with E-state index in [0.717, 1.165) is 38.9 Å². The quantitative estimate of drug-likeness (QED) is 0.866. The lowest BCUT2D eigenvalue weighted by Gasteiger charge is -2.41. The van der Waals surface area contributed by atoms with Crippen molar-refractivity contribution in [1.82, 2.24) is 15.1 Å². The van der Waals surface area contributed by atoms with Gasteiger partial charge in [0, 0.05) is 6.54 Å². The topological polar surface area (TPSA) is 35.6 Å². The van der Waals surface area contributed by atoms with Crippen molar-refractivity contribution in [3.8, 4) is 0 Å². The number of piperidine rings is 1. The summed E-state index contributed by atoms with van der Waals surface area (Å²) in [6.45, 7) is 7.83. The zero-order valence-electron chi connectivity index (χ0n) is 14.0. The Morgan fingerprint density at radius 2 is 1.81 bits per heavy atom. The Morgan fingerprint density at radius 1 is 1.19 bits per heavy atom. The predicted octanol–water partition coefficient (Wildman–Crippen LogP) is 2.20. The molecule has 1 aliphatic carbocycles. The highest BCUT2D eigenvalue weighted by atomic mass is 16.2. The molecule has 4 heteroatoms. The molecule has 0 radical (unpaired) electrons. The molecule has 2 aliphatic heterocycles. The van der Waals surface area contributed by atoms with Crippen LogP contribution in [0, 0.1) is 5.41 Å². The van der Waals surface area contributed by atoms with E-state index in [2.05, 4.69) is 36.0 Å². The van der Waals surface area contributed by atoms with E-state index in [9.17, 15) is 4.79 Å². The van der Waals surface area contributed by atoms with E-state index in [1.807, 2.05) is 0 Å². The van der Waals surface area contributed by atoms with Crippen molar-refractivity contribution in [2.24, 2.45) is 5.41 Å². The molecule has 3 rings (SSSR count). The minimum absolute atomic E-state index is 0.206. The van der Waals surface area contributed by atoms with Crippen LogP contribution in [0.2, 0.25) is 0 Å². The second kappa shape index (κ2) is 5.54. The first-order chi connectivity index (χ1) is 9.98. The molecule has 1 saturated carbocycles. The van der Waals surface area contributed by atoms with Crippen molar-refractivity contribution in [1.29, 1.82) is 0 Å². The summed E-state index contributed by atoms with van der Waals surface area (Å²) in [7, 11) is 2.20. The van der Waals surface area contributed by atoms with Gasteiger partial charge in [0.05, 0.1) is 11.7 Å². The summed E-state index contributed by atoms with van der Waals surface area (Å²) in [4.78, 5) is 17.6. The third-order valence-electron chi connectivity index (χ3n) is 6.08. The number of nitrogens with zero attached hydrogens (tertiary/aromatic N) is 2. The van der Waals surface area contributed by atoms with Crippen LogP contribution in [0.15, 0.2) is 0 Å². The molecule has 120 valence electrons. The summed E-state index contributed by atoms with van der Waals surface area (Å²) in [5, 5.41) is 3.70. The molecule has 2 saturated heterocycles. The zero-order chi connectivity index (χ0) is 15.1. The van der Waals surface area contributed by atoms with E-state index in [0.29, 0.717) is 11.3 Å². The molecule has 0 aromatic rings. The maximum absolute atomic E-state index is 13.0. The molecular weight excluding hydrogens is 262 g/mol. The van der Waals surface area contributed by atoms with E-state index in [-0.39, 0.29) is 11.7 Å². The molecule has 0 aromatic heterocycles. The maximum Gasteiger partial charge on any atom is 0.244 e. The number of hydrogen-bond acceptors (Lipinski definition) is 3. The number of likely N-dealkylation sites (tertiary alicyclic amines) is 1. The van der Waals surface area contributed by atoms with Gasteiger partial charge in [-0.3, -0.25) is 10.1 Å². The Labute approximate surface area is 129 Å². The fourth-order valence-electron chi connectivity index (χ4n) is 4.44. The number of carbonyl (C=O) groups excluding carboxylic acids is 1. The summed E-state index contributed by atoms with van der Waals surface area (Å²) in [5.74, 6) is 0.395. The fraction of sp³-hybridized carbons (Fsp3) is 0.941. The van der Waals surface area contributed by atoms with E-state index < -0.39 is 0 Å². The van der Waals surface area contributed by atoms with Gasteiger partial charge in [-0.1, -0.05) is 26.7 Å². The summed E-state index contributed by atoms with van der Waals surface area (Å²) in [6.07, 6.45) is 8.16. The zero-order valence-corrected chi connectivity index (χ0v) is 14.0. The summed E-state index contributed by atoms with van der Waals surface area (Å²) in [6, 6.07) is 0. The van der Waals surface area contributed by atoms with Crippen LogP contribution in [0.5, 0.6) is 0 Å². The lowest BCUT2D eigenvalue weighted by Crippen LogP contribution is -2.48. The Bertz CT molecular complexity index is 395. The normalized spacial score (nSPS) is 32.2. The van der Waals surface area contributed by atoms with Crippen LogP contribution in [0.1, 0.15) is 58.8 Å². The Balaban J connectivity index is 1.73. The molecule has 21 heavy (non-hydrogen) atoms. The number of rotatable bonds is 3. The molecule has 4 nitrogen and oxygen atoms in total. The van der Waals surface area contributed by atoms with E-state index in [1.54, 1.807) is 0 Å². The third-order valence-corrected chi connectivity index (χ3v) is 6.08. The first-order valence-corrected chi connectivity index (χ1v) is 8.75. The highest BCUT2D eigenvalue weighted by Gasteiger charge is 2.52. The molecule has 3 aliphatic rings. The molecule has 3 fully saturated rings. The average molecular weight is 293 g/mol. The van der Waals surface area contributed by atoms with E-state index in [4.69, 9.17) is 0 Å². The van der Waals surface area contributed by atoms with Gasteiger partial charge in [-0.2, -0.15) is 0 Å². The van der Waals surface area contributed by atoms with Crippen LogP contribution in [0.25, 0.3) is 0 Å². The van der Waals surface area contributed by atoms with Crippen molar-refractivity contribution in [2.75, 3.05) is 26.7 Å². The van der Waals surface area contributed by atoms with Crippen molar-refractivity contribution < 1.29 is 4.79 Å². The van der Waals surface area contributed by atoms with Gasteiger partial charge in [0.1, 0.15) is 0 Å². The van der Waals surface area contributed by atoms with Crippen LogP contribution < -0.4 is 5.32 Å². The predicted molar refractivity (Wildman–Crippen MR) is 85.0 cm³/mol. The second-order valence-corrected chi connectivity index (χ2v) is 7.90. The van der Waals surface area contributed by atoms with Gasteiger partial charge in [0.25, 0.3) is 0 Å². The van der Waals surface area contributed by atoms with Crippen molar-refractivity contribution >= 4 is 5.91 Å². The number of amides is 1. The largest absolute Gasteiger partial charge is 0.325 e. The highest BCUT2D eigenvalue weighted by molar-refractivity contribution is 5.89. The molecular formula is C17H31N3O. The molecule has 2 heterocycles. The number of carbonyl (C=O) groups is 1. The second-order valence-electron chi connectivity index (χ2n) is 7.90. The first kappa shape index (κ1) is 15.3. The third kappa shape index (κ3) is 2.72. The molecule has 1 amide bonds. The van der Waals surface area contributed by atoms with Crippen LogP contribution in [0.3, 0.4) is 0 Å². The smallest absolute Gasteiger partial charge is 0.244 e. The van der Waals surface area contributed by atoms with Gasteiger partial charge in [-0.25, -0.2) is 0 Å². The lowest BCUT2D eigenvalue weighted by molar-refractivity contribution is -0.135. The summed E-state index contributed by atoms with van der Waals surface area (Å²) >= 11 is 0. The molecule has 1 spiro atoms. The summed E-state index contributed by atoms with van der Waals surface area (Å²) < 4.78 is 0. The van der Waals surface area contributed by atoms with Gasteiger partial charge < -0.3 is 9.80 Å². The van der Waals surface area contributed by atoms with Crippen LogP contribution in [0.4, 0.5) is 0 Å². The van der Waals surface area contributed by atoms with Crippen LogP contribution in [-0.2, 0) is 4.79 Å². The molecule has 1 unspecified atom stereocenters. The Hall–Kier alpha value is -0.610. The molecule has 1 atom stereocenters. The summed E-state index contributed by atoms with van der Waals surface area (Å²) in [5.41, 5.74) is 0.0872. The number of hydrogen-bond donors (Lipinski definition) is 1. The van der Waals surface area contributed by atoms with E-state index in [1.165, 1.54) is 25.7 Å². The van der Waals surface area contributed by atoms with Crippen molar-refractivity contribution in [2.45, 2.75) is 70.5 Å². The fourth-order valence-corrected chi connectivity index (χ4v) is 4.44. The Kier molecular flexibility index (Phi) is 4.04. The van der Waals surface area contributed by atoms with Gasteiger partial charge in [0.2, 0.25) is 5.91 Å². The highest BCUT2D eigenvalue weighted by Crippen LogP contribution is 2.40.